The number of halogens is 1. The van der Waals surface area contributed by atoms with E-state index in [0.29, 0.717) is 22.0 Å². The third-order valence-electron chi connectivity index (χ3n) is 5.02. The highest BCUT2D eigenvalue weighted by Gasteiger charge is 2.34. The van der Waals surface area contributed by atoms with Crippen LogP contribution in [0.4, 0.5) is 4.79 Å². The number of nitrogens with one attached hydrogen (secondary N) is 1. The molecule has 3 aromatic rings. The molecule has 3 aromatic carbocycles. The first-order valence-electron chi connectivity index (χ1n) is 9.90. The Morgan fingerprint density at radius 3 is 2.61 bits per heavy atom. The average Bonchev–Trinajstić information content (AvgIpc) is 3.04. The lowest BCUT2D eigenvalue weighted by Gasteiger charge is -2.14. The molecule has 0 aliphatic carbocycles. The van der Waals surface area contributed by atoms with Crippen LogP contribution < -0.4 is 14.8 Å². The van der Waals surface area contributed by atoms with E-state index in [1.165, 1.54) is 13.2 Å². The Morgan fingerprint density at radius 2 is 1.88 bits per heavy atom. The van der Waals surface area contributed by atoms with Gasteiger partial charge in [-0.15, -0.1) is 0 Å². The second-order valence-corrected chi connectivity index (χ2v) is 7.68. The fourth-order valence-corrected chi connectivity index (χ4v) is 3.74. The molecule has 8 nitrogen and oxygen atoms in total. The maximum Gasteiger partial charge on any atom is 0.329 e. The Morgan fingerprint density at radius 1 is 1.12 bits per heavy atom. The molecule has 33 heavy (non-hydrogen) atoms. The van der Waals surface area contributed by atoms with Crippen molar-refractivity contribution in [3.05, 3.63) is 76.4 Å². The number of imide groups is 1. The number of urea groups is 1. The molecule has 0 unspecified atom stereocenters. The number of carbonyl (C=O) groups excluding carboxylic acids is 2. The van der Waals surface area contributed by atoms with E-state index in [2.05, 4.69) is 5.32 Å². The summed E-state index contributed by atoms with van der Waals surface area (Å²) in [6.45, 7) is -0.465. The number of nitrogens with zero attached hydrogens (tertiary/aromatic N) is 1. The van der Waals surface area contributed by atoms with Crippen molar-refractivity contribution in [1.29, 1.82) is 0 Å². The van der Waals surface area contributed by atoms with E-state index in [4.69, 9.17) is 26.2 Å². The maximum absolute atomic E-state index is 12.3. The van der Waals surface area contributed by atoms with Crippen LogP contribution in [0.2, 0.25) is 5.02 Å². The Labute approximate surface area is 194 Å². The van der Waals surface area contributed by atoms with E-state index in [1.807, 2.05) is 42.5 Å². The standard InChI is InChI=1S/C24H19ClN2O6/c1-32-20-11-15(10-19-23(30)27(12-21(28)29)24(31)26-19)9-18(25)22(20)33-13-14-6-7-16-4-2-3-5-17(16)8-14/h2-11H,12-13H2,1H3,(H,26,31)(H,28,29)/b19-10+. The van der Waals surface area contributed by atoms with E-state index in [1.54, 1.807) is 12.1 Å². The Balaban J connectivity index is 1.55. The number of carboxylic acid groups (broad SMARTS) is 1. The minimum atomic E-state index is -1.29. The Bertz CT molecular complexity index is 1300. The fourth-order valence-electron chi connectivity index (χ4n) is 3.46. The number of carboxylic acids is 1. The molecule has 3 amide bonds. The smallest absolute Gasteiger partial charge is 0.329 e. The van der Waals surface area contributed by atoms with Gasteiger partial charge in [-0.2, -0.15) is 0 Å². The van der Waals surface area contributed by atoms with Gasteiger partial charge in [-0.25, -0.2) is 9.69 Å². The number of hydrogen-bond acceptors (Lipinski definition) is 5. The number of rotatable bonds is 7. The molecule has 4 rings (SSSR count). The van der Waals surface area contributed by atoms with Crippen molar-refractivity contribution < 1.29 is 29.0 Å². The third kappa shape index (κ3) is 4.75. The predicted molar refractivity (Wildman–Crippen MR) is 122 cm³/mol. The second kappa shape index (κ2) is 9.22. The topological polar surface area (TPSA) is 105 Å². The van der Waals surface area contributed by atoms with Crippen LogP contribution in [0.15, 0.2) is 60.3 Å². The van der Waals surface area contributed by atoms with Crippen LogP contribution >= 0.6 is 11.6 Å². The summed E-state index contributed by atoms with van der Waals surface area (Å²) < 4.78 is 11.3. The van der Waals surface area contributed by atoms with Crippen molar-refractivity contribution in [2.24, 2.45) is 0 Å². The zero-order valence-corrected chi connectivity index (χ0v) is 18.3. The Hall–Kier alpha value is -4.04. The van der Waals surface area contributed by atoms with E-state index in [0.717, 1.165) is 16.3 Å². The zero-order valence-electron chi connectivity index (χ0n) is 17.5. The molecule has 1 aliphatic rings. The number of fused-ring (bicyclic) bond motifs is 1. The molecule has 1 heterocycles. The molecule has 0 atom stereocenters. The molecule has 1 aliphatic heterocycles. The molecule has 0 spiro atoms. The summed E-state index contributed by atoms with van der Waals surface area (Å²) in [7, 11) is 1.46. The highest BCUT2D eigenvalue weighted by molar-refractivity contribution is 6.32. The van der Waals surface area contributed by atoms with Crippen LogP contribution in [-0.2, 0) is 16.2 Å². The van der Waals surface area contributed by atoms with Gasteiger partial charge in [-0.05, 0) is 46.2 Å². The number of ether oxygens (including phenoxy) is 2. The van der Waals surface area contributed by atoms with Gasteiger partial charge in [0.15, 0.2) is 11.5 Å². The van der Waals surface area contributed by atoms with Crippen molar-refractivity contribution in [2.45, 2.75) is 6.61 Å². The number of benzene rings is 3. The van der Waals surface area contributed by atoms with Crippen LogP contribution in [0.1, 0.15) is 11.1 Å². The molecule has 0 bridgehead atoms. The van der Waals surface area contributed by atoms with E-state index < -0.39 is 24.5 Å². The fraction of sp³-hybridized carbons (Fsp3) is 0.125. The van der Waals surface area contributed by atoms with E-state index in [-0.39, 0.29) is 17.3 Å². The number of methoxy groups -OCH3 is 1. The molecule has 0 radical (unpaired) electrons. The summed E-state index contributed by atoms with van der Waals surface area (Å²) in [5, 5.41) is 13.7. The highest BCUT2D eigenvalue weighted by Crippen LogP contribution is 2.37. The lowest BCUT2D eigenvalue weighted by atomic mass is 10.1. The normalized spacial score (nSPS) is 14.6. The van der Waals surface area contributed by atoms with Gasteiger partial charge < -0.3 is 19.9 Å². The molecule has 1 saturated heterocycles. The monoisotopic (exact) mass is 466 g/mol. The summed E-state index contributed by atoms with van der Waals surface area (Å²) in [5.41, 5.74) is 1.36. The summed E-state index contributed by atoms with van der Waals surface area (Å²) in [5.74, 6) is -1.36. The summed E-state index contributed by atoms with van der Waals surface area (Å²) >= 11 is 6.43. The molecule has 1 fully saturated rings. The molecule has 168 valence electrons. The first-order chi connectivity index (χ1) is 15.9. The van der Waals surface area contributed by atoms with Gasteiger partial charge in [-0.1, -0.05) is 48.0 Å². The van der Waals surface area contributed by atoms with Crippen LogP contribution in [0.5, 0.6) is 11.5 Å². The minimum absolute atomic E-state index is 0.0656. The van der Waals surface area contributed by atoms with Crippen LogP contribution in [0.25, 0.3) is 16.8 Å². The first-order valence-corrected chi connectivity index (χ1v) is 10.3. The lowest BCUT2D eigenvalue weighted by Crippen LogP contribution is -2.35. The number of amides is 3. The molecular weight excluding hydrogens is 448 g/mol. The zero-order chi connectivity index (χ0) is 23.5. The third-order valence-corrected chi connectivity index (χ3v) is 5.30. The summed E-state index contributed by atoms with van der Waals surface area (Å²) in [4.78, 5) is 35.7. The van der Waals surface area contributed by atoms with Gasteiger partial charge in [0.05, 0.1) is 12.1 Å². The quantitative estimate of drug-likeness (QED) is 0.402. The lowest BCUT2D eigenvalue weighted by molar-refractivity contribution is -0.140. The van der Waals surface area contributed by atoms with Crippen molar-refractivity contribution >= 4 is 46.4 Å². The van der Waals surface area contributed by atoms with Crippen molar-refractivity contribution in [2.75, 3.05) is 13.7 Å². The summed E-state index contributed by atoms with van der Waals surface area (Å²) in [6, 6.07) is 16.4. The van der Waals surface area contributed by atoms with Gasteiger partial charge in [0.1, 0.15) is 18.8 Å². The van der Waals surface area contributed by atoms with Crippen molar-refractivity contribution in [3.63, 3.8) is 0 Å². The van der Waals surface area contributed by atoms with Gasteiger partial charge in [0.25, 0.3) is 5.91 Å². The van der Waals surface area contributed by atoms with Gasteiger partial charge >= 0.3 is 12.0 Å². The molecule has 0 saturated carbocycles. The Kier molecular flexibility index (Phi) is 6.19. The van der Waals surface area contributed by atoms with Crippen LogP contribution in [-0.4, -0.2) is 41.6 Å². The number of hydrogen-bond donors (Lipinski definition) is 2. The second-order valence-electron chi connectivity index (χ2n) is 7.28. The van der Waals surface area contributed by atoms with E-state index in [9.17, 15) is 14.4 Å². The number of aliphatic carboxylic acids is 1. The molecule has 9 heteroatoms. The molecular formula is C24H19ClN2O6. The van der Waals surface area contributed by atoms with Crippen molar-refractivity contribution in [1.82, 2.24) is 10.2 Å². The highest BCUT2D eigenvalue weighted by atomic mass is 35.5. The van der Waals surface area contributed by atoms with Gasteiger partial charge in [-0.3, -0.25) is 9.59 Å². The SMILES string of the molecule is COc1cc(/C=C2/NC(=O)N(CC(=O)O)C2=O)cc(Cl)c1OCc1ccc2ccccc2c1. The van der Waals surface area contributed by atoms with Gasteiger partial charge in [0.2, 0.25) is 0 Å². The van der Waals surface area contributed by atoms with Gasteiger partial charge in [0, 0.05) is 0 Å². The molecule has 0 aromatic heterocycles. The summed E-state index contributed by atoms with van der Waals surface area (Å²) in [6.07, 6.45) is 1.39. The predicted octanol–water partition coefficient (Wildman–Crippen LogP) is 4.06. The van der Waals surface area contributed by atoms with E-state index >= 15 is 0 Å². The maximum atomic E-state index is 12.3. The van der Waals surface area contributed by atoms with Crippen molar-refractivity contribution in [3.8, 4) is 11.5 Å². The molecule has 2 N–H and O–H groups in total. The minimum Gasteiger partial charge on any atom is -0.493 e. The first kappa shape index (κ1) is 22.2. The average molecular weight is 467 g/mol. The van der Waals surface area contributed by atoms with Crippen LogP contribution in [0, 0.1) is 0 Å². The van der Waals surface area contributed by atoms with Crippen LogP contribution in [0.3, 0.4) is 0 Å². The largest absolute Gasteiger partial charge is 0.493 e. The number of carbonyl (C=O) groups is 3.